The summed E-state index contributed by atoms with van der Waals surface area (Å²) in [6, 6.07) is 0. The maximum absolute atomic E-state index is 10.9. The number of thiocarbonyl (C=S) groups is 1. The Balaban J connectivity index is 3.03. The molecule has 0 heterocycles. The van der Waals surface area contributed by atoms with E-state index in [0.29, 0.717) is 6.42 Å². The molecule has 0 atom stereocenters. The van der Waals surface area contributed by atoms with Gasteiger partial charge in [0.25, 0.3) is 0 Å². The second kappa shape index (κ2) is 24.1. The third-order valence-electron chi connectivity index (χ3n) is 5.67. The van der Waals surface area contributed by atoms with Crippen molar-refractivity contribution in [3.05, 3.63) is 0 Å². The molecule has 0 aromatic rings. The van der Waals surface area contributed by atoms with Gasteiger partial charge in [0.05, 0.1) is 0 Å². The van der Waals surface area contributed by atoms with Crippen molar-refractivity contribution < 1.29 is 10.0 Å². The average molecular weight is 446 g/mol. The highest BCUT2D eigenvalue weighted by Crippen LogP contribution is 2.15. The number of nitrogens with one attached hydrogen (secondary N) is 1. The third kappa shape index (κ3) is 25.8. The monoisotopic (exact) mass is 445 g/mol. The standard InChI is InChI=1S/C24H47NO2S2/c26-23(25-27)21-19-17-15-13-11-9-7-5-3-1-2-4-6-8-10-12-14-16-18-20-22-24(28)29/h27H,1-22H2,(H,25,26)(H,28,29). The van der Waals surface area contributed by atoms with Crippen LogP contribution in [0.15, 0.2) is 0 Å². The Bertz CT molecular complexity index is 378. The zero-order valence-electron chi connectivity index (χ0n) is 18.8. The Morgan fingerprint density at radius 3 is 1.03 bits per heavy atom. The van der Waals surface area contributed by atoms with E-state index in [9.17, 15) is 4.79 Å². The topological polar surface area (TPSA) is 49.3 Å². The first-order chi connectivity index (χ1) is 14.2. The van der Waals surface area contributed by atoms with E-state index >= 15 is 0 Å². The van der Waals surface area contributed by atoms with E-state index in [0.717, 1.165) is 23.5 Å². The normalized spacial score (nSPS) is 11.0. The number of unbranched alkanes of at least 4 members (excludes halogenated alkanes) is 19. The fourth-order valence-corrected chi connectivity index (χ4v) is 4.10. The summed E-state index contributed by atoms with van der Waals surface area (Å²) < 4.78 is 0.862. The van der Waals surface area contributed by atoms with Crippen molar-refractivity contribution in [1.29, 1.82) is 0 Å². The zero-order chi connectivity index (χ0) is 21.4. The van der Waals surface area contributed by atoms with Gasteiger partial charge >= 0.3 is 0 Å². The SMILES string of the molecule is O=C(CCCCCCCCCCCCCCCCCCCCCCC(=S)S)NO. The van der Waals surface area contributed by atoms with Crippen LogP contribution in [0.5, 0.6) is 0 Å². The van der Waals surface area contributed by atoms with Crippen LogP contribution in [-0.4, -0.2) is 15.3 Å². The lowest BCUT2D eigenvalue weighted by Crippen LogP contribution is -2.17. The first kappa shape index (κ1) is 28.9. The van der Waals surface area contributed by atoms with Gasteiger partial charge in [0.1, 0.15) is 0 Å². The van der Waals surface area contributed by atoms with Gasteiger partial charge in [-0.25, -0.2) is 5.48 Å². The van der Waals surface area contributed by atoms with Gasteiger partial charge in [0, 0.05) is 10.6 Å². The molecule has 0 aliphatic carbocycles. The van der Waals surface area contributed by atoms with Crippen molar-refractivity contribution in [3.8, 4) is 0 Å². The van der Waals surface area contributed by atoms with Crippen LogP contribution in [0.25, 0.3) is 0 Å². The molecule has 0 aromatic carbocycles. The minimum Gasteiger partial charge on any atom is -0.289 e. The van der Waals surface area contributed by atoms with Crippen molar-refractivity contribution in [1.82, 2.24) is 5.48 Å². The molecule has 0 aliphatic heterocycles. The van der Waals surface area contributed by atoms with Crippen LogP contribution in [0.4, 0.5) is 0 Å². The van der Waals surface area contributed by atoms with Crippen LogP contribution >= 0.6 is 24.8 Å². The second-order valence-corrected chi connectivity index (χ2v) is 9.83. The molecule has 5 heteroatoms. The van der Waals surface area contributed by atoms with Crippen LogP contribution in [0.1, 0.15) is 141 Å². The number of hydrogen-bond acceptors (Lipinski definition) is 3. The molecule has 0 bridgehead atoms. The molecular weight excluding hydrogens is 398 g/mol. The molecule has 0 saturated heterocycles. The summed E-state index contributed by atoms with van der Waals surface area (Å²) >= 11 is 9.15. The number of amides is 1. The fourth-order valence-electron chi connectivity index (χ4n) is 3.80. The van der Waals surface area contributed by atoms with Crippen molar-refractivity contribution >= 4 is 35.0 Å². The van der Waals surface area contributed by atoms with Crippen molar-refractivity contribution in [2.75, 3.05) is 0 Å². The lowest BCUT2D eigenvalue weighted by molar-refractivity contribution is -0.129. The van der Waals surface area contributed by atoms with Gasteiger partial charge in [-0.1, -0.05) is 128 Å². The number of rotatable bonds is 23. The second-order valence-electron chi connectivity index (χ2n) is 8.50. The van der Waals surface area contributed by atoms with Gasteiger partial charge < -0.3 is 0 Å². The number of carbonyl (C=O) groups excluding carboxylic acids is 1. The maximum Gasteiger partial charge on any atom is 0.243 e. The lowest BCUT2D eigenvalue weighted by Gasteiger charge is -2.04. The molecule has 0 fully saturated rings. The maximum atomic E-state index is 10.9. The van der Waals surface area contributed by atoms with Crippen molar-refractivity contribution in [3.63, 3.8) is 0 Å². The molecule has 29 heavy (non-hydrogen) atoms. The molecule has 0 unspecified atom stereocenters. The van der Waals surface area contributed by atoms with Crippen LogP contribution in [0.3, 0.4) is 0 Å². The molecule has 0 rings (SSSR count). The van der Waals surface area contributed by atoms with Gasteiger partial charge in [-0.15, -0.1) is 12.6 Å². The van der Waals surface area contributed by atoms with E-state index < -0.39 is 0 Å². The largest absolute Gasteiger partial charge is 0.289 e. The summed E-state index contributed by atoms with van der Waals surface area (Å²) in [5.74, 6) is -0.262. The Hall–Kier alpha value is -0.130. The Kier molecular flexibility index (Phi) is 24.0. The zero-order valence-corrected chi connectivity index (χ0v) is 20.5. The van der Waals surface area contributed by atoms with E-state index in [1.165, 1.54) is 116 Å². The summed E-state index contributed by atoms with van der Waals surface area (Å²) in [6.07, 6.45) is 28.0. The highest BCUT2D eigenvalue weighted by Gasteiger charge is 1.98. The van der Waals surface area contributed by atoms with Crippen molar-refractivity contribution in [2.24, 2.45) is 0 Å². The molecule has 0 aliphatic rings. The molecule has 0 aromatic heterocycles. The summed E-state index contributed by atoms with van der Waals surface area (Å²) in [5, 5.41) is 8.41. The molecule has 0 radical (unpaired) electrons. The lowest BCUT2D eigenvalue weighted by atomic mass is 10.0. The Morgan fingerprint density at radius 1 is 0.552 bits per heavy atom. The van der Waals surface area contributed by atoms with Gasteiger partial charge in [-0.05, 0) is 19.3 Å². The number of hydrogen-bond donors (Lipinski definition) is 3. The minimum absolute atomic E-state index is 0.262. The van der Waals surface area contributed by atoms with Gasteiger partial charge in [-0.3, -0.25) is 10.0 Å². The third-order valence-corrected chi connectivity index (χ3v) is 6.10. The summed E-state index contributed by atoms with van der Waals surface area (Å²) in [5.41, 5.74) is 1.69. The molecule has 172 valence electrons. The number of thiol groups is 1. The molecule has 0 saturated carbocycles. The first-order valence-electron chi connectivity index (χ1n) is 12.3. The molecule has 0 spiro atoms. The van der Waals surface area contributed by atoms with E-state index in [2.05, 4.69) is 12.6 Å². The van der Waals surface area contributed by atoms with Gasteiger partial charge in [0.2, 0.25) is 5.91 Å². The predicted octanol–water partition coefficient (Wildman–Crippen LogP) is 8.33. The minimum atomic E-state index is -0.262. The summed E-state index contributed by atoms with van der Waals surface area (Å²) in [4.78, 5) is 10.9. The van der Waals surface area contributed by atoms with Crippen molar-refractivity contribution in [2.45, 2.75) is 141 Å². The van der Waals surface area contributed by atoms with Gasteiger partial charge in [-0.2, -0.15) is 0 Å². The average Bonchev–Trinajstić information content (AvgIpc) is 2.71. The number of hydroxylamine groups is 1. The van der Waals surface area contributed by atoms with E-state index in [4.69, 9.17) is 17.4 Å². The molecular formula is C24H47NO2S2. The molecule has 2 N–H and O–H groups in total. The quantitative estimate of drug-likeness (QED) is 0.0487. The van der Waals surface area contributed by atoms with Crippen LogP contribution < -0.4 is 5.48 Å². The van der Waals surface area contributed by atoms with E-state index in [1.54, 1.807) is 5.48 Å². The predicted molar refractivity (Wildman–Crippen MR) is 133 cm³/mol. The number of carbonyl (C=O) groups is 1. The highest BCUT2D eigenvalue weighted by molar-refractivity contribution is 8.11. The fraction of sp³-hybridized carbons (Fsp3) is 0.917. The van der Waals surface area contributed by atoms with Crippen LogP contribution in [0.2, 0.25) is 0 Å². The van der Waals surface area contributed by atoms with E-state index in [1.807, 2.05) is 0 Å². The Labute approximate surface area is 191 Å². The smallest absolute Gasteiger partial charge is 0.243 e. The van der Waals surface area contributed by atoms with E-state index in [-0.39, 0.29) is 5.91 Å². The molecule has 1 amide bonds. The first-order valence-corrected chi connectivity index (χ1v) is 13.2. The van der Waals surface area contributed by atoms with Crippen LogP contribution in [0, 0.1) is 0 Å². The summed E-state index contributed by atoms with van der Waals surface area (Å²) in [6.45, 7) is 0. The highest BCUT2D eigenvalue weighted by atomic mass is 32.1. The Morgan fingerprint density at radius 2 is 0.793 bits per heavy atom. The summed E-state index contributed by atoms with van der Waals surface area (Å²) in [7, 11) is 0. The molecule has 3 nitrogen and oxygen atoms in total. The van der Waals surface area contributed by atoms with Gasteiger partial charge in [0.15, 0.2) is 0 Å². The van der Waals surface area contributed by atoms with Crippen LogP contribution in [-0.2, 0) is 4.79 Å².